The first-order valence-electron chi connectivity index (χ1n) is 11.3. The van der Waals surface area contributed by atoms with Crippen molar-refractivity contribution in [3.8, 4) is 0 Å². The predicted molar refractivity (Wildman–Crippen MR) is 122 cm³/mol. The van der Waals surface area contributed by atoms with Gasteiger partial charge in [0.2, 0.25) is 0 Å². The molecule has 158 valence electrons. The van der Waals surface area contributed by atoms with Crippen LogP contribution in [0.15, 0.2) is 49.1 Å². The van der Waals surface area contributed by atoms with Crippen LogP contribution in [0.25, 0.3) is 10.9 Å². The molecular formula is C24H31N5O. The zero-order valence-corrected chi connectivity index (χ0v) is 17.6. The minimum atomic E-state index is 0.642. The number of nitrogens with zero attached hydrogens (tertiary/aromatic N) is 5. The highest BCUT2D eigenvalue weighted by Crippen LogP contribution is 2.30. The summed E-state index contributed by atoms with van der Waals surface area (Å²) in [4.78, 5) is 16.5. The molecule has 0 amide bonds. The number of allylic oxidation sites excluding steroid dienone is 2. The van der Waals surface area contributed by atoms with Crippen molar-refractivity contribution in [2.24, 2.45) is 5.92 Å². The monoisotopic (exact) mass is 405 g/mol. The average Bonchev–Trinajstić information content (AvgIpc) is 3.08. The fraction of sp³-hybridized carbons (Fsp3) is 0.500. The molecule has 6 heteroatoms. The van der Waals surface area contributed by atoms with Crippen LogP contribution < -0.4 is 9.80 Å². The van der Waals surface area contributed by atoms with Crippen molar-refractivity contribution in [1.29, 1.82) is 0 Å². The van der Waals surface area contributed by atoms with Crippen molar-refractivity contribution < 1.29 is 4.74 Å². The zero-order chi connectivity index (χ0) is 20.2. The van der Waals surface area contributed by atoms with Crippen molar-refractivity contribution in [2.75, 3.05) is 55.7 Å². The third kappa shape index (κ3) is 4.29. The summed E-state index contributed by atoms with van der Waals surface area (Å²) in [5, 5.41) is 1.16. The van der Waals surface area contributed by atoms with E-state index in [4.69, 9.17) is 9.72 Å². The summed E-state index contributed by atoms with van der Waals surface area (Å²) < 4.78 is 5.49. The number of ether oxygens (including phenoxy) is 1. The molecule has 1 aromatic carbocycles. The Labute approximate surface area is 178 Å². The quantitative estimate of drug-likeness (QED) is 0.771. The highest BCUT2D eigenvalue weighted by Gasteiger charge is 2.24. The number of aromatic nitrogens is 2. The van der Waals surface area contributed by atoms with E-state index in [0.717, 1.165) is 75.5 Å². The Kier molecular flexibility index (Phi) is 5.84. The molecule has 1 atom stereocenters. The molecule has 1 unspecified atom stereocenters. The summed E-state index contributed by atoms with van der Waals surface area (Å²) >= 11 is 0. The highest BCUT2D eigenvalue weighted by molar-refractivity contribution is 5.91. The second-order valence-corrected chi connectivity index (χ2v) is 8.50. The molecule has 6 nitrogen and oxygen atoms in total. The van der Waals surface area contributed by atoms with E-state index in [1.54, 1.807) is 6.33 Å². The van der Waals surface area contributed by atoms with Gasteiger partial charge in [0.25, 0.3) is 0 Å². The summed E-state index contributed by atoms with van der Waals surface area (Å²) in [6.45, 7) is 6.67. The molecule has 2 saturated heterocycles. The minimum Gasteiger partial charge on any atom is -0.378 e. The molecule has 2 fully saturated rings. The summed E-state index contributed by atoms with van der Waals surface area (Å²) in [6.07, 6.45) is 15.6. The lowest BCUT2D eigenvalue weighted by atomic mass is 9.97. The van der Waals surface area contributed by atoms with Crippen LogP contribution in [0.2, 0.25) is 0 Å². The summed E-state index contributed by atoms with van der Waals surface area (Å²) in [7, 11) is 0. The van der Waals surface area contributed by atoms with Gasteiger partial charge in [-0.25, -0.2) is 9.97 Å². The van der Waals surface area contributed by atoms with E-state index in [-0.39, 0.29) is 0 Å². The van der Waals surface area contributed by atoms with Crippen LogP contribution in [0.4, 0.5) is 11.5 Å². The van der Waals surface area contributed by atoms with E-state index in [2.05, 4.69) is 62.4 Å². The zero-order valence-electron chi connectivity index (χ0n) is 17.6. The van der Waals surface area contributed by atoms with Gasteiger partial charge in [-0.15, -0.1) is 0 Å². The number of anilines is 2. The van der Waals surface area contributed by atoms with Gasteiger partial charge in [0.15, 0.2) is 0 Å². The maximum absolute atomic E-state index is 5.49. The molecule has 0 saturated carbocycles. The number of piperidine rings is 1. The first-order chi connectivity index (χ1) is 14.9. The highest BCUT2D eigenvalue weighted by atomic mass is 16.5. The summed E-state index contributed by atoms with van der Waals surface area (Å²) in [6, 6.07) is 6.63. The van der Waals surface area contributed by atoms with Crippen molar-refractivity contribution >= 4 is 22.4 Å². The van der Waals surface area contributed by atoms with Crippen LogP contribution in [0.1, 0.15) is 25.7 Å². The van der Waals surface area contributed by atoms with Gasteiger partial charge in [0.1, 0.15) is 12.1 Å². The Morgan fingerprint density at radius 3 is 2.63 bits per heavy atom. The number of fused-ring (bicyclic) bond motifs is 1. The lowest BCUT2D eigenvalue weighted by Gasteiger charge is -2.35. The van der Waals surface area contributed by atoms with Crippen LogP contribution in [0, 0.1) is 5.92 Å². The van der Waals surface area contributed by atoms with E-state index >= 15 is 0 Å². The topological polar surface area (TPSA) is 44.7 Å². The number of benzene rings is 1. The average molecular weight is 406 g/mol. The van der Waals surface area contributed by atoms with Gasteiger partial charge in [-0.05, 0) is 62.2 Å². The van der Waals surface area contributed by atoms with Gasteiger partial charge >= 0.3 is 0 Å². The lowest BCUT2D eigenvalue weighted by Crippen LogP contribution is -2.39. The Morgan fingerprint density at radius 1 is 0.967 bits per heavy atom. The van der Waals surface area contributed by atoms with E-state index < -0.39 is 0 Å². The molecule has 3 aliphatic rings. The number of morpholine rings is 1. The molecule has 0 N–H and O–H groups in total. The lowest BCUT2D eigenvalue weighted by molar-refractivity contribution is 0.122. The second-order valence-electron chi connectivity index (χ2n) is 8.50. The number of hydrogen-bond acceptors (Lipinski definition) is 6. The van der Waals surface area contributed by atoms with Crippen molar-refractivity contribution in [3.63, 3.8) is 0 Å². The van der Waals surface area contributed by atoms with E-state index in [9.17, 15) is 0 Å². The van der Waals surface area contributed by atoms with Gasteiger partial charge in [-0.2, -0.15) is 0 Å². The normalized spacial score (nSPS) is 22.5. The number of rotatable bonds is 4. The molecule has 0 radical (unpaired) electrons. The van der Waals surface area contributed by atoms with Crippen molar-refractivity contribution in [1.82, 2.24) is 14.9 Å². The Balaban J connectivity index is 1.34. The summed E-state index contributed by atoms with van der Waals surface area (Å²) in [5.41, 5.74) is 2.26. The molecule has 0 bridgehead atoms. The molecule has 30 heavy (non-hydrogen) atoms. The largest absolute Gasteiger partial charge is 0.378 e. The van der Waals surface area contributed by atoms with Gasteiger partial charge in [-0.1, -0.05) is 12.2 Å². The maximum Gasteiger partial charge on any atom is 0.139 e. The second kappa shape index (κ2) is 9.04. The molecule has 3 aliphatic heterocycles. The fourth-order valence-electron chi connectivity index (χ4n) is 4.79. The van der Waals surface area contributed by atoms with Crippen LogP contribution >= 0.6 is 0 Å². The smallest absolute Gasteiger partial charge is 0.139 e. The SMILES string of the molecule is C1=CN(CC2CCCN(c3ncnc4cc(N5CCOCC5)ccc34)C2)C=CCC1. The molecular weight excluding hydrogens is 374 g/mol. The first kappa shape index (κ1) is 19.4. The predicted octanol–water partition coefficient (Wildman–Crippen LogP) is 3.81. The van der Waals surface area contributed by atoms with Crippen LogP contribution in [-0.4, -0.2) is 60.8 Å². The van der Waals surface area contributed by atoms with Crippen LogP contribution in [0.3, 0.4) is 0 Å². The Morgan fingerprint density at radius 2 is 1.80 bits per heavy atom. The van der Waals surface area contributed by atoms with Gasteiger partial charge in [0, 0.05) is 43.8 Å². The maximum atomic E-state index is 5.49. The Bertz CT molecular complexity index is 907. The van der Waals surface area contributed by atoms with Crippen LogP contribution in [-0.2, 0) is 4.74 Å². The molecule has 0 spiro atoms. The van der Waals surface area contributed by atoms with Crippen molar-refractivity contribution in [2.45, 2.75) is 25.7 Å². The van der Waals surface area contributed by atoms with E-state index in [1.807, 2.05) is 0 Å². The molecule has 0 aliphatic carbocycles. The van der Waals surface area contributed by atoms with Crippen molar-refractivity contribution in [3.05, 3.63) is 49.1 Å². The first-order valence-corrected chi connectivity index (χ1v) is 11.3. The number of hydrogen-bond donors (Lipinski definition) is 0. The molecule has 1 aromatic heterocycles. The minimum absolute atomic E-state index is 0.642. The fourth-order valence-corrected chi connectivity index (χ4v) is 4.79. The van der Waals surface area contributed by atoms with E-state index in [0.29, 0.717) is 5.92 Å². The van der Waals surface area contributed by atoms with Gasteiger partial charge in [-0.3, -0.25) is 0 Å². The van der Waals surface area contributed by atoms with Gasteiger partial charge < -0.3 is 19.4 Å². The Hall–Kier alpha value is -2.60. The third-order valence-electron chi connectivity index (χ3n) is 6.36. The van der Waals surface area contributed by atoms with E-state index in [1.165, 1.54) is 18.5 Å². The molecule has 5 rings (SSSR count). The van der Waals surface area contributed by atoms with Gasteiger partial charge in [0.05, 0.1) is 18.7 Å². The van der Waals surface area contributed by atoms with Crippen LogP contribution in [0.5, 0.6) is 0 Å². The molecule has 2 aromatic rings. The summed E-state index contributed by atoms with van der Waals surface area (Å²) in [5.74, 6) is 1.73. The third-order valence-corrected chi connectivity index (χ3v) is 6.36. The standard InChI is InChI=1S/C24H31N5O/c1-2-4-10-27(9-3-1)17-20-6-5-11-29(18-20)24-22-8-7-21(16-23(22)25-19-26-24)28-12-14-30-15-13-28/h3-4,7-10,16,19-20H,1-2,5-6,11-15,17-18H2. The molecule has 4 heterocycles.